The van der Waals surface area contributed by atoms with Crippen molar-refractivity contribution in [2.45, 2.75) is 22.6 Å². The molecule has 28 heavy (non-hydrogen) atoms. The first-order valence-electron chi connectivity index (χ1n) is 9.25. The molecule has 2 aliphatic rings. The molecular weight excluding hydrogens is 377 g/mol. The summed E-state index contributed by atoms with van der Waals surface area (Å²) < 4.78 is 41.0. The second-order valence-electron chi connectivity index (χ2n) is 7.67. The van der Waals surface area contributed by atoms with Crippen LogP contribution in [0.3, 0.4) is 0 Å². The molecule has 2 atom stereocenters. The highest BCUT2D eigenvalue weighted by Crippen LogP contribution is 2.46. The van der Waals surface area contributed by atoms with Gasteiger partial charge in [-0.2, -0.15) is 5.10 Å². The van der Waals surface area contributed by atoms with Crippen molar-refractivity contribution in [2.75, 3.05) is 13.1 Å². The lowest BCUT2D eigenvalue weighted by atomic mass is 9.95. The van der Waals surface area contributed by atoms with Crippen molar-refractivity contribution >= 4 is 9.84 Å². The predicted octanol–water partition coefficient (Wildman–Crippen LogP) is 2.98. The fourth-order valence-corrected chi connectivity index (χ4v) is 6.65. The Bertz CT molecular complexity index is 1150. The van der Waals surface area contributed by atoms with Crippen molar-refractivity contribution in [3.8, 4) is 11.1 Å². The van der Waals surface area contributed by atoms with Gasteiger partial charge in [0.25, 0.3) is 0 Å². The highest BCUT2D eigenvalue weighted by Gasteiger charge is 2.50. The van der Waals surface area contributed by atoms with Gasteiger partial charge < -0.3 is 0 Å². The average molecular weight is 397 g/mol. The van der Waals surface area contributed by atoms with Crippen LogP contribution in [0.1, 0.15) is 17.0 Å². The van der Waals surface area contributed by atoms with Crippen LogP contribution < -0.4 is 0 Å². The number of hydrogen-bond donors (Lipinski definition) is 0. The Morgan fingerprint density at radius 2 is 1.89 bits per heavy atom. The van der Waals surface area contributed by atoms with Crippen molar-refractivity contribution in [3.05, 3.63) is 71.8 Å². The smallest absolute Gasteiger partial charge is 0.183 e. The van der Waals surface area contributed by atoms with Crippen molar-refractivity contribution in [2.24, 2.45) is 7.05 Å². The fraction of sp³-hybridized carbons (Fsp3) is 0.286. The molecule has 7 heteroatoms. The Balaban J connectivity index is 1.46. The zero-order valence-electron chi connectivity index (χ0n) is 15.4. The first-order valence-corrected chi connectivity index (χ1v) is 10.8. The molecular formula is C21H20FN3O2S. The summed E-state index contributed by atoms with van der Waals surface area (Å²) in [6, 6.07) is 12.0. The van der Waals surface area contributed by atoms with E-state index in [1.807, 2.05) is 25.4 Å². The van der Waals surface area contributed by atoms with E-state index >= 15 is 0 Å². The Morgan fingerprint density at radius 1 is 1.11 bits per heavy atom. The second-order valence-corrected chi connectivity index (χ2v) is 9.80. The van der Waals surface area contributed by atoms with E-state index in [0.717, 1.165) is 22.3 Å². The molecule has 0 amide bonds. The Hall–Kier alpha value is -2.51. The van der Waals surface area contributed by atoms with Gasteiger partial charge in [-0.05, 0) is 41.0 Å². The summed E-state index contributed by atoms with van der Waals surface area (Å²) in [5, 5.41) is 3.80. The van der Waals surface area contributed by atoms with E-state index in [2.05, 4.69) is 10.00 Å². The number of benzene rings is 2. The van der Waals surface area contributed by atoms with Gasteiger partial charge in [0.1, 0.15) is 5.82 Å². The maximum atomic E-state index is 13.1. The number of sulfone groups is 1. The molecule has 0 aliphatic carbocycles. The summed E-state index contributed by atoms with van der Waals surface area (Å²) >= 11 is 0. The maximum absolute atomic E-state index is 13.1. The minimum Gasteiger partial charge on any atom is -0.297 e. The van der Waals surface area contributed by atoms with E-state index in [1.165, 1.54) is 12.1 Å². The van der Waals surface area contributed by atoms with Crippen LogP contribution in [0.25, 0.3) is 11.1 Å². The first kappa shape index (κ1) is 17.6. The molecule has 5 nitrogen and oxygen atoms in total. The molecule has 1 saturated heterocycles. The summed E-state index contributed by atoms with van der Waals surface area (Å²) in [6.45, 7) is 1.81. The standard InChI is InChI=1S/C21H20FN3O2S/c1-24-11-16(9-23-24)15-4-7-20-18(8-15)19-12-25(13-21(19)28(20,26)27)10-14-2-5-17(22)6-3-14/h2-9,11,19,21H,10,12-13H2,1H3. The topological polar surface area (TPSA) is 55.2 Å². The third kappa shape index (κ3) is 2.77. The SMILES string of the molecule is Cn1cc(-c2ccc3c(c2)C2CN(Cc4ccc(F)cc4)CC2S3(=O)=O)cn1. The lowest BCUT2D eigenvalue weighted by Crippen LogP contribution is -2.25. The van der Waals surface area contributed by atoms with E-state index in [0.29, 0.717) is 24.5 Å². The van der Waals surface area contributed by atoms with Crippen LogP contribution in [-0.4, -0.2) is 41.4 Å². The van der Waals surface area contributed by atoms with Gasteiger partial charge in [0.05, 0.1) is 16.3 Å². The minimum absolute atomic E-state index is 0.0305. The van der Waals surface area contributed by atoms with Gasteiger partial charge in [-0.25, -0.2) is 12.8 Å². The van der Waals surface area contributed by atoms with Crippen molar-refractivity contribution in [3.63, 3.8) is 0 Å². The lowest BCUT2D eigenvalue weighted by molar-refractivity contribution is 0.325. The van der Waals surface area contributed by atoms with Crippen LogP contribution in [0.5, 0.6) is 0 Å². The normalized spacial score (nSPS) is 22.9. The van der Waals surface area contributed by atoms with Crippen LogP contribution in [0, 0.1) is 5.82 Å². The minimum atomic E-state index is -3.33. The Labute approximate surface area is 163 Å². The van der Waals surface area contributed by atoms with Crippen molar-refractivity contribution in [1.29, 1.82) is 0 Å². The Kier molecular flexibility index (Phi) is 3.93. The van der Waals surface area contributed by atoms with E-state index in [4.69, 9.17) is 0 Å². The largest absolute Gasteiger partial charge is 0.297 e. The zero-order chi connectivity index (χ0) is 19.5. The summed E-state index contributed by atoms with van der Waals surface area (Å²) in [4.78, 5) is 2.62. The highest BCUT2D eigenvalue weighted by atomic mass is 32.2. The van der Waals surface area contributed by atoms with Gasteiger partial charge in [0.2, 0.25) is 0 Å². The van der Waals surface area contributed by atoms with Crippen LogP contribution >= 0.6 is 0 Å². The quantitative estimate of drug-likeness (QED) is 0.682. The second kappa shape index (κ2) is 6.25. The molecule has 144 valence electrons. The zero-order valence-corrected chi connectivity index (χ0v) is 16.2. The molecule has 2 unspecified atom stereocenters. The highest BCUT2D eigenvalue weighted by molar-refractivity contribution is 7.92. The summed E-state index contributed by atoms with van der Waals surface area (Å²) in [5.41, 5.74) is 3.86. The van der Waals surface area contributed by atoms with Gasteiger partial charge >= 0.3 is 0 Å². The van der Waals surface area contributed by atoms with E-state index in [-0.39, 0.29) is 11.7 Å². The summed E-state index contributed by atoms with van der Waals surface area (Å²) in [6.07, 6.45) is 3.72. The number of rotatable bonds is 3. The van der Waals surface area contributed by atoms with Crippen molar-refractivity contribution < 1.29 is 12.8 Å². The molecule has 0 spiro atoms. The number of fused-ring (bicyclic) bond motifs is 3. The number of likely N-dealkylation sites (tertiary alicyclic amines) is 1. The molecule has 5 rings (SSSR count). The maximum Gasteiger partial charge on any atom is 0.183 e. The monoisotopic (exact) mass is 397 g/mol. The molecule has 0 bridgehead atoms. The molecule has 2 aliphatic heterocycles. The molecule has 0 radical (unpaired) electrons. The van der Waals surface area contributed by atoms with Gasteiger partial charge in [0, 0.05) is 44.4 Å². The summed E-state index contributed by atoms with van der Waals surface area (Å²) in [7, 11) is -1.47. The molecule has 0 N–H and O–H groups in total. The van der Waals surface area contributed by atoms with Crippen LogP contribution in [-0.2, 0) is 23.4 Å². The first-order chi connectivity index (χ1) is 13.4. The number of hydrogen-bond acceptors (Lipinski definition) is 4. The van der Waals surface area contributed by atoms with Crippen LogP contribution in [0.2, 0.25) is 0 Å². The third-order valence-electron chi connectivity index (χ3n) is 5.81. The van der Waals surface area contributed by atoms with Gasteiger partial charge in [-0.1, -0.05) is 18.2 Å². The fourth-order valence-electron chi connectivity index (χ4n) is 4.45. The number of aromatic nitrogens is 2. The summed E-state index contributed by atoms with van der Waals surface area (Å²) in [5.74, 6) is -0.293. The average Bonchev–Trinajstić information content (AvgIpc) is 3.34. The Morgan fingerprint density at radius 3 is 2.61 bits per heavy atom. The van der Waals surface area contributed by atoms with E-state index in [1.54, 1.807) is 29.1 Å². The van der Waals surface area contributed by atoms with E-state index < -0.39 is 15.1 Å². The van der Waals surface area contributed by atoms with Gasteiger partial charge in [-0.15, -0.1) is 0 Å². The van der Waals surface area contributed by atoms with Crippen LogP contribution in [0.4, 0.5) is 4.39 Å². The van der Waals surface area contributed by atoms with E-state index in [9.17, 15) is 12.8 Å². The molecule has 2 aromatic carbocycles. The molecule has 3 heterocycles. The van der Waals surface area contributed by atoms with Crippen LogP contribution in [0.15, 0.2) is 59.8 Å². The molecule has 1 fully saturated rings. The van der Waals surface area contributed by atoms with Gasteiger partial charge in [-0.3, -0.25) is 9.58 Å². The lowest BCUT2D eigenvalue weighted by Gasteiger charge is -2.17. The predicted molar refractivity (Wildman–Crippen MR) is 104 cm³/mol. The molecule has 0 saturated carbocycles. The molecule has 1 aromatic heterocycles. The number of aryl methyl sites for hydroxylation is 1. The van der Waals surface area contributed by atoms with Gasteiger partial charge in [0.15, 0.2) is 9.84 Å². The van der Waals surface area contributed by atoms with Crippen molar-refractivity contribution in [1.82, 2.24) is 14.7 Å². The number of nitrogens with zero attached hydrogens (tertiary/aromatic N) is 3. The molecule has 3 aromatic rings. The third-order valence-corrected chi connectivity index (χ3v) is 8.07. The number of halogens is 1.